The maximum atomic E-state index is 4.75. The molecular formula is C28H32N4. The minimum Gasteiger partial charge on any atom is -0.367 e. The Morgan fingerprint density at radius 3 is 2.44 bits per heavy atom. The third-order valence-electron chi connectivity index (χ3n) is 6.71. The molecule has 0 radical (unpaired) electrons. The Hall–Kier alpha value is -3.14. The van der Waals surface area contributed by atoms with Gasteiger partial charge in [0.25, 0.3) is 0 Å². The third-order valence-corrected chi connectivity index (χ3v) is 6.71. The van der Waals surface area contributed by atoms with Crippen molar-refractivity contribution in [3.8, 4) is 16.8 Å². The van der Waals surface area contributed by atoms with Crippen LogP contribution in [-0.4, -0.2) is 20.6 Å². The van der Waals surface area contributed by atoms with Crippen LogP contribution in [0.15, 0.2) is 67.1 Å². The lowest BCUT2D eigenvalue weighted by Gasteiger charge is -2.39. The Balaban J connectivity index is 1.65. The molecule has 0 spiro atoms. The van der Waals surface area contributed by atoms with E-state index < -0.39 is 0 Å². The van der Waals surface area contributed by atoms with Gasteiger partial charge in [0, 0.05) is 23.5 Å². The van der Waals surface area contributed by atoms with Crippen molar-refractivity contribution in [3.63, 3.8) is 0 Å². The standard InChI is InChI=1S/C28H32N4/c1-19-10-12-23(13-11-19)32-17-24(21-8-6-5-7-9-21)25-26(29-18-30-27(25)32)31-22-14-20(2)15-28(3,4)16-22/h5-13,17-18,20,22H,14-16H2,1-4H3,(H,29,30,31). The highest BCUT2D eigenvalue weighted by Gasteiger charge is 2.32. The molecule has 5 rings (SSSR count). The molecule has 32 heavy (non-hydrogen) atoms. The van der Waals surface area contributed by atoms with E-state index in [2.05, 4.69) is 98.4 Å². The van der Waals surface area contributed by atoms with E-state index in [0.717, 1.165) is 34.5 Å². The van der Waals surface area contributed by atoms with Crippen LogP contribution in [0.4, 0.5) is 5.82 Å². The van der Waals surface area contributed by atoms with Gasteiger partial charge in [0.15, 0.2) is 5.65 Å². The Morgan fingerprint density at radius 2 is 1.72 bits per heavy atom. The Labute approximate surface area is 190 Å². The van der Waals surface area contributed by atoms with Crippen molar-refractivity contribution in [1.82, 2.24) is 14.5 Å². The molecule has 2 heterocycles. The predicted molar refractivity (Wildman–Crippen MR) is 133 cm³/mol. The van der Waals surface area contributed by atoms with Gasteiger partial charge >= 0.3 is 0 Å². The Bertz CT molecular complexity index is 1220. The summed E-state index contributed by atoms with van der Waals surface area (Å²) in [5, 5.41) is 4.92. The monoisotopic (exact) mass is 424 g/mol. The van der Waals surface area contributed by atoms with Crippen LogP contribution in [0.2, 0.25) is 0 Å². The van der Waals surface area contributed by atoms with E-state index in [1.165, 1.54) is 24.0 Å². The van der Waals surface area contributed by atoms with Crippen LogP contribution in [0, 0.1) is 18.3 Å². The molecule has 0 aliphatic heterocycles. The molecule has 2 unspecified atom stereocenters. The van der Waals surface area contributed by atoms with Crippen molar-refractivity contribution in [2.24, 2.45) is 11.3 Å². The molecule has 2 aromatic carbocycles. The molecule has 1 aliphatic rings. The zero-order valence-corrected chi connectivity index (χ0v) is 19.5. The van der Waals surface area contributed by atoms with Crippen LogP contribution >= 0.6 is 0 Å². The highest BCUT2D eigenvalue weighted by Crippen LogP contribution is 2.41. The zero-order chi connectivity index (χ0) is 22.3. The summed E-state index contributed by atoms with van der Waals surface area (Å²) in [7, 11) is 0. The van der Waals surface area contributed by atoms with Gasteiger partial charge in [-0.15, -0.1) is 0 Å². The first-order valence-corrected chi connectivity index (χ1v) is 11.6. The number of nitrogens with zero attached hydrogens (tertiary/aromatic N) is 3. The summed E-state index contributed by atoms with van der Waals surface area (Å²) in [5.41, 5.74) is 5.98. The predicted octanol–water partition coefficient (Wildman–Crippen LogP) is 7.02. The molecule has 0 saturated heterocycles. The number of fused-ring (bicyclic) bond motifs is 1. The summed E-state index contributed by atoms with van der Waals surface area (Å²) in [5.74, 6) is 1.65. The van der Waals surface area contributed by atoms with Crippen LogP contribution in [0.5, 0.6) is 0 Å². The van der Waals surface area contributed by atoms with Gasteiger partial charge in [0.1, 0.15) is 12.1 Å². The molecule has 0 bridgehead atoms. The second-order valence-corrected chi connectivity index (χ2v) is 10.3. The maximum absolute atomic E-state index is 4.75. The summed E-state index contributed by atoms with van der Waals surface area (Å²) >= 11 is 0. The molecule has 2 atom stereocenters. The molecule has 4 aromatic rings. The van der Waals surface area contributed by atoms with Gasteiger partial charge in [-0.1, -0.05) is 68.8 Å². The van der Waals surface area contributed by atoms with Crippen LogP contribution in [0.1, 0.15) is 45.6 Å². The molecule has 4 nitrogen and oxygen atoms in total. The van der Waals surface area contributed by atoms with Gasteiger partial charge in [-0.3, -0.25) is 0 Å². The van der Waals surface area contributed by atoms with Gasteiger partial charge in [-0.25, -0.2) is 9.97 Å². The van der Waals surface area contributed by atoms with E-state index in [-0.39, 0.29) is 0 Å². The topological polar surface area (TPSA) is 42.7 Å². The van der Waals surface area contributed by atoms with Gasteiger partial charge in [0.05, 0.1) is 5.39 Å². The van der Waals surface area contributed by atoms with Crippen molar-refractivity contribution in [2.75, 3.05) is 5.32 Å². The summed E-state index contributed by atoms with van der Waals surface area (Å²) in [6.45, 7) is 9.25. The van der Waals surface area contributed by atoms with Crippen LogP contribution in [-0.2, 0) is 0 Å². The number of rotatable bonds is 4. The van der Waals surface area contributed by atoms with Crippen LogP contribution < -0.4 is 5.32 Å². The van der Waals surface area contributed by atoms with Crippen molar-refractivity contribution in [2.45, 2.75) is 53.0 Å². The quantitative estimate of drug-likeness (QED) is 0.383. The van der Waals surface area contributed by atoms with E-state index in [1.54, 1.807) is 6.33 Å². The largest absolute Gasteiger partial charge is 0.367 e. The number of hydrogen-bond acceptors (Lipinski definition) is 3. The molecule has 2 aromatic heterocycles. The second kappa shape index (κ2) is 8.09. The van der Waals surface area contributed by atoms with Crippen LogP contribution in [0.25, 0.3) is 27.8 Å². The second-order valence-electron chi connectivity index (χ2n) is 10.3. The van der Waals surface area contributed by atoms with Crippen LogP contribution in [0.3, 0.4) is 0 Å². The van der Waals surface area contributed by atoms with E-state index in [1.807, 2.05) is 0 Å². The van der Waals surface area contributed by atoms with E-state index in [0.29, 0.717) is 17.4 Å². The number of aryl methyl sites for hydroxylation is 1. The lowest BCUT2D eigenvalue weighted by atomic mass is 9.70. The molecule has 164 valence electrons. The number of anilines is 1. The molecule has 0 amide bonds. The first-order chi connectivity index (χ1) is 15.4. The Morgan fingerprint density at radius 1 is 0.969 bits per heavy atom. The number of hydrogen-bond donors (Lipinski definition) is 1. The number of nitrogens with one attached hydrogen (secondary N) is 1. The average Bonchev–Trinajstić information content (AvgIpc) is 3.14. The van der Waals surface area contributed by atoms with Crippen molar-refractivity contribution in [3.05, 3.63) is 72.7 Å². The number of benzene rings is 2. The zero-order valence-electron chi connectivity index (χ0n) is 19.5. The first kappa shape index (κ1) is 20.7. The minimum atomic E-state index is 0.345. The maximum Gasteiger partial charge on any atom is 0.150 e. The van der Waals surface area contributed by atoms with E-state index in [9.17, 15) is 0 Å². The van der Waals surface area contributed by atoms with Gasteiger partial charge in [-0.2, -0.15) is 0 Å². The van der Waals surface area contributed by atoms with Gasteiger partial charge in [-0.05, 0) is 55.2 Å². The third kappa shape index (κ3) is 4.02. The molecule has 4 heteroatoms. The molecular weight excluding hydrogens is 392 g/mol. The van der Waals surface area contributed by atoms with Crippen molar-refractivity contribution < 1.29 is 0 Å². The van der Waals surface area contributed by atoms with E-state index >= 15 is 0 Å². The lowest BCUT2D eigenvalue weighted by Crippen LogP contribution is -2.35. The highest BCUT2D eigenvalue weighted by molar-refractivity contribution is 6.02. The molecule has 1 fully saturated rings. The summed E-state index contributed by atoms with van der Waals surface area (Å²) in [6, 6.07) is 19.6. The Kier molecular flexibility index (Phi) is 5.24. The lowest BCUT2D eigenvalue weighted by molar-refractivity contribution is 0.178. The highest BCUT2D eigenvalue weighted by atomic mass is 15.1. The van der Waals surface area contributed by atoms with Gasteiger partial charge < -0.3 is 9.88 Å². The summed E-state index contributed by atoms with van der Waals surface area (Å²) < 4.78 is 2.19. The fourth-order valence-corrected chi connectivity index (χ4v) is 5.56. The smallest absolute Gasteiger partial charge is 0.150 e. The first-order valence-electron chi connectivity index (χ1n) is 11.6. The summed E-state index contributed by atoms with van der Waals surface area (Å²) in [4.78, 5) is 9.48. The van der Waals surface area contributed by atoms with Crippen molar-refractivity contribution >= 4 is 16.9 Å². The van der Waals surface area contributed by atoms with Crippen molar-refractivity contribution in [1.29, 1.82) is 0 Å². The fraction of sp³-hybridized carbons (Fsp3) is 0.357. The molecule has 1 N–H and O–H groups in total. The molecule has 1 saturated carbocycles. The normalized spacial score (nSPS) is 20.4. The summed E-state index contributed by atoms with van der Waals surface area (Å²) in [6.07, 6.45) is 7.51. The number of aromatic nitrogens is 3. The molecule has 1 aliphatic carbocycles. The SMILES string of the molecule is Cc1ccc(-n2cc(-c3ccccc3)c3c(NC4CC(C)CC(C)(C)C4)ncnc32)cc1. The average molecular weight is 425 g/mol. The minimum absolute atomic E-state index is 0.345. The van der Waals surface area contributed by atoms with Gasteiger partial charge in [0.2, 0.25) is 0 Å². The fourth-order valence-electron chi connectivity index (χ4n) is 5.56. The van der Waals surface area contributed by atoms with E-state index in [4.69, 9.17) is 9.97 Å².